The van der Waals surface area contributed by atoms with Gasteiger partial charge in [0.25, 0.3) is 0 Å². The van der Waals surface area contributed by atoms with Crippen molar-refractivity contribution in [2.24, 2.45) is 0 Å². The van der Waals surface area contributed by atoms with Crippen LogP contribution in [0.1, 0.15) is 45.4 Å². The summed E-state index contributed by atoms with van der Waals surface area (Å²) in [5, 5.41) is 13.7. The first-order chi connectivity index (χ1) is 8.17. The van der Waals surface area contributed by atoms with Gasteiger partial charge < -0.3 is 15.2 Å². The number of rotatable bonds is 6. The molecule has 0 saturated heterocycles. The Hall–Kier alpha value is -0.380. The van der Waals surface area contributed by atoms with Crippen LogP contribution >= 0.6 is 0 Å². The fourth-order valence-electron chi connectivity index (χ4n) is 2.30. The molecule has 0 aromatic heterocycles. The van der Waals surface area contributed by atoms with Gasteiger partial charge in [-0.3, -0.25) is 0 Å². The number of hydrogen-bond acceptors (Lipinski definition) is 3. The summed E-state index contributed by atoms with van der Waals surface area (Å²) < 4.78 is 4.98. The summed E-state index contributed by atoms with van der Waals surface area (Å²) in [5.41, 5.74) is 0.507. The van der Waals surface area contributed by atoms with E-state index in [1.165, 1.54) is 31.3 Å². The molecule has 3 heteroatoms. The van der Waals surface area contributed by atoms with Gasteiger partial charge in [0.05, 0.1) is 12.2 Å². The summed E-state index contributed by atoms with van der Waals surface area (Å²) in [4.78, 5) is 0. The highest BCUT2D eigenvalue weighted by molar-refractivity contribution is 5.16. The van der Waals surface area contributed by atoms with Crippen molar-refractivity contribution in [3.63, 3.8) is 0 Å². The van der Waals surface area contributed by atoms with E-state index in [4.69, 9.17) is 4.74 Å². The molecule has 0 bridgehead atoms. The molecular weight excluding hydrogens is 214 g/mol. The molecule has 0 fully saturated rings. The Morgan fingerprint density at radius 2 is 2.12 bits per heavy atom. The van der Waals surface area contributed by atoms with Crippen LogP contribution < -0.4 is 5.32 Å². The predicted octanol–water partition coefficient (Wildman–Crippen LogP) is 2.25. The van der Waals surface area contributed by atoms with Crippen LogP contribution in [-0.2, 0) is 4.74 Å². The third-order valence-corrected chi connectivity index (χ3v) is 3.43. The number of hydrogen-bond donors (Lipinski definition) is 2. The van der Waals surface area contributed by atoms with Gasteiger partial charge in [-0.05, 0) is 38.2 Å². The maximum atomic E-state index is 10.5. The number of aliphatic hydroxyl groups is 1. The van der Waals surface area contributed by atoms with Gasteiger partial charge in [0.2, 0.25) is 0 Å². The molecule has 0 aromatic carbocycles. The van der Waals surface area contributed by atoms with Crippen molar-refractivity contribution in [3.8, 4) is 0 Å². The first-order valence-electron chi connectivity index (χ1n) is 6.78. The summed E-state index contributed by atoms with van der Waals surface area (Å²) in [6.07, 6.45) is 9.50. The summed E-state index contributed by atoms with van der Waals surface area (Å²) in [7, 11) is 1.69. The minimum atomic E-state index is -0.703. The summed E-state index contributed by atoms with van der Waals surface area (Å²) in [5.74, 6) is 0. The molecule has 0 spiro atoms. The maximum absolute atomic E-state index is 10.5. The summed E-state index contributed by atoms with van der Waals surface area (Å²) >= 11 is 0. The number of nitrogens with one attached hydrogen (secondary N) is 1. The van der Waals surface area contributed by atoms with Gasteiger partial charge >= 0.3 is 0 Å². The van der Waals surface area contributed by atoms with Gasteiger partial charge in [0.1, 0.15) is 0 Å². The van der Waals surface area contributed by atoms with E-state index in [0.29, 0.717) is 13.2 Å². The lowest BCUT2D eigenvalue weighted by molar-refractivity contribution is 0.0895. The fourth-order valence-corrected chi connectivity index (χ4v) is 2.30. The zero-order valence-corrected chi connectivity index (χ0v) is 11.3. The lowest BCUT2D eigenvalue weighted by Crippen LogP contribution is -2.40. The van der Waals surface area contributed by atoms with Crippen LogP contribution in [0.4, 0.5) is 0 Å². The zero-order chi connectivity index (χ0) is 12.6. The fraction of sp³-hybridized carbons (Fsp3) is 0.857. The number of methoxy groups -OCH3 is 1. The van der Waals surface area contributed by atoms with E-state index in [1.807, 2.05) is 6.92 Å². The highest BCUT2D eigenvalue weighted by Gasteiger charge is 2.24. The minimum absolute atomic E-state index is 0.613. The molecule has 1 unspecified atom stereocenters. The van der Waals surface area contributed by atoms with Gasteiger partial charge in [-0.2, -0.15) is 0 Å². The highest BCUT2D eigenvalue weighted by atomic mass is 16.5. The molecule has 0 amide bonds. The Balaban J connectivity index is 2.42. The second-order valence-corrected chi connectivity index (χ2v) is 5.13. The molecule has 1 aliphatic carbocycles. The molecule has 3 nitrogen and oxygen atoms in total. The van der Waals surface area contributed by atoms with Gasteiger partial charge in [0, 0.05) is 20.2 Å². The normalized spacial score (nSPS) is 21.2. The molecule has 0 heterocycles. The number of ether oxygens (including phenoxy) is 1. The van der Waals surface area contributed by atoms with Crippen LogP contribution in [0.3, 0.4) is 0 Å². The largest absolute Gasteiger partial charge is 0.384 e. The third-order valence-electron chi connectivity index (χ3n) is 3.43. The monoisotopic (exact) mass is 241 g/mol. The van der Waals surface area contributed by atoms with Crippen molar-refractivity contribution in [1.29, 1.82) is 0 Å². The Bertz CT molecular complexity index is 236. The predicted molar refractivity (Wildman–Crippen MR) is 71.2 cm³/mol. The second-order valence-electron chi connectivity index (χ2n) is 5.13. The van der Waals surface area contributed by atoms with Crippen molar-refractivity contribution in [3.05, 3.63) is 11.6 Å². The first-order valence-corrected chi connectivity index (χ1v) is 6.78. The van der Waals surface area contributed by atoms with Crippen LogP contribution in [0.25, 0.3) is 0 Å². The van der Waals surface area contributed by atoms with Crippen molar-refractivity contribution in [1.82, 2.24) is 5.32 Å². The van der Waals surface area contributed by atoms with Crippen LogP contribution in [-0.4, -0.2) is 37.5 Å². The average Bonchev–Trinajstić information content (AvgIpc) is 2.23. The molecule has 0 aliphatic heterocycles. The van der Waals surface area contributed by atoms with Gasteiger partial charge in [0.15, 0.2) is 0 Å². The van der Waals surface area contributed by atoms with Gasteiger partial charge in [-0.15, -0.1) is 0 Å². The Labute approximate surface area is 105 Å². The molecule has 1 aliphatic rings. The standard InChI is InChI=1S/C14H27NO2/c1-14(16,12-15-10-11-17-2)13-8-6-4-3-5-7-9-13/h8,15-16H,3-7,9-12H2,1-2H3. The third kappa shape index (κ3) is 5.66. The lowest BCUT2D eigenvalue weighted by Gasteiger charge is -2.28. The van der Waals surface area contributed by atoms with Crippen LogP contribution in [0.5, 0.6) is 0 Å². The maximum Gasteiger partial charge on any atom is 0.0952 e. The minimum Gasteiger partial charge on any atom is -0.384 e. The van der Waals surface area contributed by atoms with Crippen molar-refractivity contribution in [2.75, 3.05) is 26.8 Å². The zero-order valence-electron chi connectivity index (χ0n) is 11.3. The molecular formula is C14H27NO2. The van der Waals surface area contributed by atoms with E-state index in [1.54, 1.807) is 7.11 Å². The van der Waals surface area contributed by atoms with Gasteiger partial charge in [-0.25, -0.2) is 0 Å². The molecule has 1 rings (SSSR count). The van der Waals surface area contributed by atoms with Crippen molar-refractivity contribution >= 4 is 0 Å². The van der Waals surface area contributed by atoms with Gasteiger partial charge in [-0.1, -0.05) is 18.9 Å². The SMILES string of the molecule is COCCNCC(C)(O)C1=CCCCCCC1. The smallest absolute Gasteiger partial charge is 0.0952 e. The van der Waals surface area contributed by atoms with E-state index < -0.39 is 5.60 Å². The molecule has 2 N–H and O–H groups in total. The molecule has 1 atom stereocenters. The Morgan fingerprint density at radius 1 is 1.35 bits per heavy atom. The average molecular weight is 241 g/mol. The first kappa shape index (κ1) is 14.7. The van der Waals surface area contributed by atoms with E-state index in [9.17, 15) is 5.11 Å². The van der Waals surface area contributed by atoms with Crippen molar-refractivity contribution < 1.29 is 9.84 Å². The van der Waals surface area contributed by atoms with E-state index >= 15 is 0 Å². The molecule has 0 saturated carbocycles. The summed E-state index contributed by atoms with van der Waals surface area (Å²) in [6.45, 7) is 4.01. The quantitative estimate of drug-likeness (QED) is 0.553. The van der Waals surface area contributed by atoms with Crippen LogP contribution in [0, 0.1) is 0 Å². The topological polar surface area (TPSA) is 41.5 Å². The lowest BCUT2D eigenvalue weighted by atomic mass is 9.88. The summed E-state index contributed by atoms with van der Waals surface area (Å²) in [6, 6.07) is 0. The second kappa shape index (κ2) is 7.85. The van der Waals surface area contributed by atoms with E-state index in [2.05, 4.69) is 11.4 Å². The van der Waals surface area contributed by atoms with Crippen LogP contribution in [0.15, 0.2) is 11.6 Å². The Morgan fingerprint density at radius 3 is 2.88 bits per heavy atom. The number of allylic oxidation sites excluding steroid dienone is 1. The van der Waals surface area contributed by atoms with E-state index in [-0.39, 0.29) is 0 Å². The highest BCUT2D eigenvalue weighted by Crippen LogP contribution is 2.25. The molecule has 0 radical (unpaired) electrons. The van der Waals surface area contributed by atoms with Crippen molar-refractivity contribution in [2.45, 2.75) is 51.0 Å². The molecule has 100 valence electrons. The molecule has 17 heavy (non-hydrogen) atoms. The Kier molecular flexibility index (Phi) is 6.78. The molecule has 0 aromatic rings. The van der Waals surface area contributed by atoms with E-state index in [0.717, 1.165) is 19.4 Å². The van der Waals surface area contributed by atoms with Crippen LogP contribution in [0.2, 0.25) is 0 Å².